The number of ketones is 1. The highest BCUT2D eigenvalue weighted by Crippen LogP contribution is 2.18. The first-order chi connectivity index (χ1) is 8.77. The smallest absolute Gasteiger partial charge is 0.163 e. The summed E-state index contributed by atoms with van der Waals surface area (Å²) in [4.78, 5) is 11.4. The minimum Gasteiger partial charge on any atom is -0.492 e. The Hall–Kier alpha value is -2.09. The molecule has 2 aromatic rings. The van der Waals surface area contributed by atoms with E-state index in [1.54, 1.807) is 13.0 Å². The fourth-order valence-electron chi connectivity index (χ4n) is 1.81. The monoisotopic (exact) mass is 240 g/mol. The summed E-state index contributed by atoms with van der Waals surface area (Å²) < 4.78 is 5.68. The first-order valence-electron chi connectivity index (χ1n) is 6.04. The van der Waals surface area contributed by atoms with Crippen molar-refractivity contribution in [1.29, 1.82) is 0 Å². The normalized spacial score (nSPS) is 10.1. The lowest BCUT2D eigenvalue weighted by atomic mass is 10.1. The van der Waals surface area contributed by atoms with Gasteiger partial charge in [-0.05, 0) is 24.6 Å². The third-order valence-corrected chi connectivity index (χ3v) is 2.76. The summed E-state index contributed by atoms with van der Waals surface area (Å²) in [6, 6.07) is 17.5. The predicted molar refractivity (Wildman–Crippen MR) is 72.1 cm³/mol. The van der Waals surface area contributed by atoms with Gasteiger partial charge in [-0.2, -0.15) is 0 Å². The molecule has 0 spiro atoms. The van der Waals surface area contributed by atoms with E-state index in [0.717, 1.165) is 6.42 Å². The fourth-order valence-corrected chi connectivity index (χ4v) is 1.81. The second-order valence-electron chi connectivity index (χ2n) is 4.14. The summed E-state index contributed by atoms with van der Waals surface area (Å²) >= 11 is 0. The molecule has 0 amide bonds. The number of Topliss-reactive ketones (excluding diaryl/α,β-unsaturated/α-hetero) is 1. The zero-order valence-electron chi connectivity index (χ0n) is 10.4. The van der Waals surface area contributed by atoms with Gasteiger partial charge in [-0.15, -0.1) is 0 Å². The first kappa shape index (κ1) is 12.4. The molecule has 0 saturated heterocycles. The lowest BCUT2D eigenvalue weighted by molar-refractivity contribution is 0.101. The minimum absolute atomic E-state index is 0.0327. The van der Waals surface area contributed by atoms with Crippen LogP contribution in [0.3, 0.4) is 0 Å². The molecule has 0 aliphatic heterocycles. The van der Waals surface area contributed by atoms with E-state index >= 15 is 0 Å². The number of hydrogen-bond donors (Lipinski definition) is 0. The third-order valence-electron chi connectivity index (χ3n) is 2.76. The largest absolute Gasteiger partial charge is 0.492 e. The lowest BCUT2D eigenvalue weighted by Gasteiger charge is -2.09. The van der Waals surface area contributed by atoms with Crippen molar-refractivity contribution >= 4 is 5.78 Å². The molecule has 2 nitrogen and oxygen atoms in total. The van der Waals surface area contributed by atoms with Crippen LogP contribution >= 0.6 is 0 Å². The van der Waals surface area contributed by atoms with Crippen molar-refractivity contribution in [2.75, 3.05) is 6.61 Å². The molecule has 0 N–H and O–H groups in total. The van der Waals surface area contributed by atoms with E-state index in [1.807, 2.05) is 36.4 Å². The molecule has 0 fully saturated rings. The number of rotatable bonds is 5. The van der Waals surface area contributed by atoms with Gasteiger partial charge in [-0.25, -0.2) is 0 Å². The Morgan fingerprint density at radius 3 is 2.39 bits per heavy atom. The number of hydrogen-bond acceptors (Lipinski definition) is 2. The number of carbonyl (C=O) groups is 1. The van der Waals surface area contributed by atoms with Gasteiger partial charge in [-0.1, -0.05) is 42.5 Å². The predicted octanol–water partition coefficient (Wildman–Crippen LogP) is 3.51. The van der Waals surface area contributed by atoms with Crippen molar-refractivity contribution in [3.63, 3.8) is 0 Å². The molecule has 0 aromatic heterocycles. The van der Waals surface area contributed by atoms with E-state index in [-0.39, 0.29) is 5.78 Å². The SMILES string of the molecule is CC(=O)c1ccccc1OCCc1ccccc1. The molecular formula is C16H16O2. The van der Waals surface area contributed by atoms with Gasteiger partial charge in [-0.3, -0.25) is 4.79 Å². The molecule has 2 aromatic carbocycles. The summed E-state index contributed by atoms with van der Waals surface area (Å²) in [6.07, 6.45) is 0.840. The van der Waals surface area contributed by atoms with Crippen molar-refractivity contribution in [2.45, 2.75) is 13.3 Å². The van der Waals surface area contributed by atoms with Gasteiger partial charge in [0.15, 0.2) is 5.78 Å². The highest BCUT2D eigenvalue weighted by molar-refractivity contribution is 5.96. The van der Waals surface area contributed by atoms with Crippen LogP contribution in [0.5, 0.6) is 5.75 Å². The molecule has 0 aliphatic rings. The van der Waals surface area contributed by atoms with Crippen LogP contribution in [-0.4, -0.2) is 12.4 Å². The quantitative estimate of drug-likeness (QED) is 0.747. The molecule has 2 heteroatoms. The van der Waals surface area contributed by atoms with Gasteiger partial charge in [0.1, 0.15) is 5.75 Å². The Balaban J connectivity index is 1.97. The van der Waals surface area contributed by atoms with Crippen LogP contribution in [0.15, 0.2) is 54.6 Å². The second kappa shape index (κ2) is 6.01. The van der Waals surface area contributed by atoms with E-state index in [9.17, 15) is 4.79 Å². The van der Waals surface area contributed by atoms with Crippen LogP contribution in [0.2, 0.25) is 0 Å². The molecule has 0 unspecified atom stereocenters. The topological polar surface area (TPSA) is 26.3 Å². The molecular weight excluding hydrogens is 224 g/mol. The fraction of sp³-hybridized carbons (Fsp3) is 0.188. The molecule has 0 radical (unpaired) electrons. The number of ether oxygens (including phenoxy) is 1. The zero-order valence-corrected chi connectivity index (χ0v) is 10.4. The third kappa shape index (κ3) is 3.20. The minimum atomic E-state index is 0.0327. The maximum Gasteiger partial charge on any atom is 0.163 e. The van der Waals surface area contributed by atoms with Crippen molar-refractivity contribution in [2.24, 2.45) is 0 Å². The van der Waals surface area contributed by atoms with Crippen LogP contribution in [0.1, 0.15) is 22.8 Å². The number of benzene rings is 2. The van der Waals surface area contributed by atoms with Gasteiger partial charge in [0, 0.05) is 6.42 Å². The van der Waals surface area contributed by atoms with Crippen LogP contribution in [0.4, 0.5) is 0 Å². The average molecular weight is 240 g/mol. The van der Waals surface area contributed by atoms with Crippen molar-refractivity contribution in [3.05, 3.63) is 65.7 Å². The van der Waals surface area contributed by atoms with Crippen LogP contribution in [0.25, 0.3) is 0 Å². The van der Waals surface area contributed by atoms with Gasteiger partial charge in [0.05, 0.1) is 12.2 Å². The van der Waals surface area contributed by atoms with Gasteiger partial charge in [0.2, 0.25) is 0 Å². The Bertz CT molecular complexity index is 518. The summed E-state index contributed by atoms with van der Waals surface area (Å²) in [5.74, 6) is 0.700. The highest BCUT2D eigenvalue weighted by atomic mass is 16.5. The van der Waals surface area contributed by atoms with E-state index in [4.69, 9.17) is 4.74 Å². The lowest BCUT2D eigenvalue weighted by Crippen LogP contribution is -2.05. The Labute approximate surface area is 107 Å². The molecule has 18 heavy (non-hydrogen) atoms. The van der Waals surface area contributed by atoms with Gasteiger partial charge >= 0.3 is 0 Å². The van der Waals surface area contributed by atoms with E-state index in [2.05, 4.69) is 12.1 Å². The molecule has 92 valence electrons. The van der Waals surface area contributed by atoms with Crippen LogP contribution in [0, 0.1) is 0 Å². The Morgan fingerprint density at radius 1 is 1.00 bits per heavy atom. The van der Waals surface area contributed by atoms with E-state index in [0.29, 0.717) is 17.9 Å². The van der Waals surface area contributed by atoms with Crippen LogP contribution < -0.4 is 4.74 Å². The highest BCUT2D eigenvalue weighted by Gasteiger charge is 2.06. The molecule has 2 rings (SSSR count). The molecule has 0 aliphatic carbocycles. The molecule has 0 saturated carbocycles. The van der Waals surface area contributed by atoms with Gasteiger partial charge < -0.3 is 4.74 Å². The first-order valence-corrected chi connectivity index (χ1v) is 6.04. The summed E-state index contributed by atoms with van der Waals surface area (Å²) in [5, 5.41) is 0. The zero-order chi connectivity index (χ0) is 12.8. The number of carbonyl (C=O) groups excluding carboxylic acids is 1. The maximum atomic E-state index is 11.4. The van der Waals surface area contributed by atoms with Crippen molar-refractivity contribution in [1.82, 2.24) is 0 Å². The maximum absolute atomic E-state index is 11.4. The summed E-state index contributed by atoms with van der Waals surface area (Å²) in [5.41, 5.74) is 1.88. The number of para-hydroxylation sites is 1. The van der Waals surface area contributed by atoms with Crippen molar-refractivity contribution in [3.8, 4) is 5.75 Å². The van der Waals surface area contributed by atoms with E-state index < -0.39 is 0 Å². The van der Waals surface area contributed by atoms with Crippen molar-refractivity contribution < 1.29 is 9.53 Å². The van der Waals surface area contributed by atoms with E-state index in [1.165, 1.54) is 5.56 Å². The Kier molecular flexibility index (Phi) is 4.13. The van der Waals surface area contributed by atoms with Crippen LogP contribution in [-0.2, 0) is 6.42 Å². The summed E-state index contributed by atoms with van der Waals surface area (Å²) in [7, 11) is 0. The Morgan fingerprint density at radius 2 is 1.67 bits per heavy atom. The molecule has 0 atom stereocenters. The van der Waals surface area contributed by atoms with Gasteiger partial charge in [0.25, 0.3) is 0 Å². The molecule has 0 bridgehead atoms. The summed E-state index contributed by atoms with van der Waals surface area (Å²) in [6.45, 7) is 2.13. The molecule has 0 heterocycles. The average Bonchev–Trinajstić information content (AvgIpc) is 2.40. The standard InChI is InChI=1S/C16H16O2/c1-13(17)15-9-5-6-10-16(15)18-12-11-14-7-3-2-4-8-14/h2-10H,11-12H2,1H3. The second-order valence-corrected chi connectivity index (χ2v) is 4.14.